The van der Waals surface area contributed by atoms with E-state index in [-0.39, 0.29) is 10.7 Å². The van der Waals surface area contributed by atoms with E-state index in [4.69, 9.17) is 0 Å². The third kappa shape index (κ3) is 4.24. The SMILES string of the molecule is Cc1cc(C)c(/C=C/C(=O)c2ccc(S(=O)(=O)N(C)C)cc2)c(C)c1. The number of carbonyl (C=O) groups is 1. The molecule has 0 unspecified atom stereocenters. The molecule has 0 heterocycles. The van der Waals surface area contributed by atoms with Crippen LogP contribution in [0.3, 0.4) is 0 Å². The second kappa shape index (κ2) is 7.33. The Morgan fingerprint density at radius 3 is 1.96 bits per heavy atom. The molecule has 0 saturated heterocycles. The average Bonchev–Trinajstić information content (AvgIpc) is 2.53. The van der Waals surface area contributed by atoms with Crippen molar-refractivity contribution in [2.45, 2.75) is 25.7 Å². The Balaban J connectivity index is 2.25. The highest BCUT2D eigenvalue weighted by atomic mass is 32.2. The van der Waals surface area contributed by atoms with E-state index >= 15 is 0 Å². The zero-order chi connectivity index (χ0) is 18.8. The molecule has 132 valence electrons. The molecule has 0 spiro atoms. The van der Waals surface area contributed by atoms with Gasteiger partial charge in [-0.2, -0.15) is 0 Å². The predicted molar refractivity (Wildman–Crippen MR) is 101 cm³/mol. The van der Waals surface area contributed by atoms with E-state index in [2.05, 4.69) is 12.1 Å². The summed E-state index contributed by atoms with van der Waals surface area (Å²) in [6.07, 6.45) is 3.34. The van der Waals surface area contributed by atoms with E-state index in [0.29, 0.717) is 5.56 Å². The lowest BCUT2D eigenvalue weighted by Crippen LogP contribution is -2.22. The van der Waals surface area contributed by atoms with Gasteiger partial charge in [0.25, 0.3) is 0 Å². The van der Waals surface area contributed by atoms with Crippen molar-refractivity contribution in [1.29, 1.82) is 0 Å². The lowest BCUT2D eigenvalue weighted by Gasteiger charge is -2.11. The molecule has 2 rings (SSSR count). The van der Waals surface area contributed by atoms with Gasteiger partial charge in [-0.05, 0) is 67.8 Å². The van der Waals surface area contributed by atoms with E-state index < -0.39 is 10.0 Å². The minimum absolute atomic E-state index is 0.159. The van der Waals surface area contributed by atoms with Crippen molar-refractivity contribution in [1.82, 2.24) is 4.31 Å². The van der Waals surface area contributed by atoms with Crippen molar-refractivity contribution >= 4 is 21.9 Å². The second-order valence-electron chi connectivity index (χ2n) is 6.32. The van der Waals surface area contributed by atoms with Crippen molar-refractivity contribution in [3.63, 3.8) is 0 Å². The normalized spacial score (nSPS) is 12.1. The Morgan fingerprint density at radius 2 is 1.48 bits per heavy atom. The summed E-state index contributed by atoms with van der Waals surface area (Å²) < 4.78 is 25.3. The number of rotatable bonds is 5. The molecule has 0 atom stereocenters. The number of nitrogens with zero attached hydrogens (tertiary/aromatic N) is 1. The van der Waals surface area contributed by atoms with Gasteiger partial charge in [0.2, 0.25) is 10.0 Å². The zero-order valence-electron chi connectivity index (χ0n) is 15.2. The molecule has 0 saturated carbocycles. The summed E-state index contributed by atoms with van der Waals surface area (Å²) in [5, 5.41) is 0. The highest BCUT2D eigenvalue weighted by molar-refractivity contribution is 7.89. The number of carbonyl (C=O) groups excluding carboxylic acids is 1. The van der Waals surface area contributed by atoms with Crippen LogP contribution in [-0.2, 0) is 10.0 Å². The van der Waals surface area contributed by atoms with E-state index in [1.165, 1.54) is 50.0 Å². The number of allylic oxidation sites excluding steroid dienone is 1. The molecule has 0 aliphatic rings. The standard InChI is InChI=1S/C20H23NO3S/c1-14-12-15(2)19(16(3)13-14)10-11-20(22)17-6-8-18(9-7-17)25(23,24)21(4)5/h6-13H,1-5H3/b11-10+. The first-order valence-corrected chi connectivity index (χ1v) is 9.40. The number of aryl methyl sites for hydroxylation is 3. The van der Waals surface area contributed by atoms with Crippen LogP contribution >= 0.6 is 0 Å². The molecule has 0 N–H and O–H groups in total. The lowest BCUT2D eigenvalue weighted by atomic mass is 9.99. The summed E-state index contributed by atoms with van der Waals surface area (Å²) in [4.78, 5) is 12.5. The molecule has 0 aliphatic heterocycles. The summed E-state index contributed by atoms with van der Waals surface area (Å²) in [5.74, 6) is -0.159. The van der Waals surface area contributed by atoms with Gasteiger partial charge in [-0.25, -0.2) is 12.7 Å². The van der Waals surface area contributed by atoms with Crippen molar-refractivity contribution in [2.75, 3.05) is 14.1 Å². The first-order valence-electron chi connectivity index (χ1n) is 7.96. The highest BCUT2D eigenvalue weighted by Crippen LogP contribution is 2.19. The average molecular weight is 357 g/mol. The monoisotopic (exact) mass is 357 g/mol. The molecule has 2 aromatic rings. The van der Waals surface area contributed by atoms with E-state index in [0.717, 1.165) is 21.0 Å². The second-order valence-corrected chi connectivity index (χ2v) is 8.47. The fourth-order valence-electron chi connectivity index (χ4n) is 2.71. The van der Waals surface area contributed by atoms with Crippen molar-refractivity contribution in [3.05, 3.63) is 70.3 Å². The third-order valence-electron chi connectivity index (χ3n) is 4.06. The Bertz CT molecular complexity index is 901. The minimum Gasteiger partial charge on any atom is -0.289 e. The Labute approximate surface area is 149 Å². The fraction of sp³-hybridized carbons (Fsp3) is 0.250. The summed E-state index contributed by atoms with van der Waals surface area (Å²) in [7, 11) is -0.535. The number of hydrogen-bond acceptors (Lipinski definition) is 3. The van der Waals surface area contributed by atoms with Gasteiger partial charge in [-0.15, -0.1) is 0 Å². The van der Waals surface area contributed by atoms with Crippen LogP contribution in [0, 0.1) is 20.8 Å². The number of sulfonamides is 1. The maximum absolute atomic E-state index is 12.4. The Morgan fingerprint density at radius 1 is 0.960 bits per heavy atom. The van der Waals surface area contributed by atoms with Gasteiger partial charge in [-0.3, -0.25) is 4.79 Å². The van der Waals surface area contributed by atoms with Crippen molar-refractivity contribution in [3.8, 4) is 0 Å². The molecule has 25 heavy (non-hydrogen) atoms. The predicted octanol–water partition coefficient (Wildman–Crippen LogP) is 3.76. The van der Waals surface area contributed by atoms with Gasteiger partial charge < -0.3 is 0 Å². The van der Waals surface area contributed by atoms with Gasteiger partial charge >= 0.3 is 0 Å². The molecule has 2 aromatic carbocycles. The molecular formula is C20H23NO3S. The molecule has 4 nitrogen and oxygen atoms in total. The summed E-state index contributed by atoms with van der Waals surface area (Å²) >= 11 is 0. The maximum Gasteiger partial charge on any atom is 0.242 e. The Kier molecular flexibility index (Phi) is 5.60. The van der Waals surface area contributed by atoms with Crippen LogP contribution in [0.4, 0.5) is 0 Å². The summed E-state index contributed by atoms with van der Waals surface area (Å²) in [6.45, 7) is 6.08. The van der Waals surface area contributed by atoms with Crippen LogP contribution < -0.4 is 0 Å². The van der Waals surface area contributed by atoms with Crippen LogP contribution in [-0.4, -0.2) is 32.6 Å². The van der Waals surface area contributed by atoms with Gasteiger partial charge in [0, 0.05) is 19.7 Å². The summed E-state index contributed by atoms with van der Waals surface area (Å²) in [5.41, 5.74) is 4.92. The highest BCUT2D eigenvalue weighted by Gasteiger charge is 2.17. The van der Waals surface area contributed by atoms with Crippen LogP contribution in [0.25, 0.3) is 6.08 Å². The third-order valence-corrected chi connectivity index (χ3v) is 5.89. The number of ketones is 1. The first-order chi connectivity index (χ1) is 11.6. The molecule has 0 amide bonds. The van der Waals surface area contributed by atoms with Gasteiger partial charge in [0.15, 0.2) is 5.78 Å². The van der Waals surface area contributed by atoms with Gasteiger partial charge in [-0.1, -0.05) is 23.8 Å². The van der Waals surface area contributed by atoms with Crippen LogP contribution in [0.1, 0.15) is 32.6 Å². The van der Waals surface area contributed by atoms with Gasteiger partial charge in [0.1, 0.15) is 0 Å². The minimum atomic E-state index is -3.49. The maximum atomic E-state index is 12.4. The van der Waals surface area contributed by atoms with Crippen LogP contribution in [0.2, 0.25) is 0 Å². The smallest absolute Gasteiger partial charge is 0.242 e. The summed E-state index contributed by atoms with van der Waals surface area (Å²) in [6, 6.07) is 10.2. The van der Waals surface area contributed by atoms with Crippen molar-refractivity contribution in [2.24, 2.45) is 0 Å². The molecule has 0 aliphatic carbocycles. The first kappa shape index (κ1) is 19.1. The number of benzene rings is 2. The molecule has 0 aromatic heterocycles. The Hall–Kier alpha value is -2.24. The van der Waals surface area contributed by atoms with Gasteiger partial charge in [0.05, 0.1) is 4.90 Å². The lowest BCUT2D eigenvalue weighted by molar-refractivity contribution is 0.104. The van der Waals surface area contributed by atoms with Crippen LogP contribution in [0.5, 0.6) is 0 Å². The van der Waals surface area contributed by atoms with Crippen molar-refractivity contribution < 1.29 is 13.2 Å². The number of hydrogen-bond donors (Lipinski definition) is 0. The van der Waals surface area contributed by atoms with E-state index in [9.17, 15) is 13.2 Å². The van der Waals surface area contributed by atoms with Crippen LogP contribution in [0.15, 0.2) is 47.4 Å². The zero-order valence-corrected chi connectivity index (χ0v) is 16.0. The fourth-order valence-corrected chi connectivity index (χ4v) is 3.61. The quantitative estimate of drug-likeness (QED) is 0.605. The topological polar surface area (TPSA) is 54.5 Å². The largest absolute Gasteiger partial charge is 0.289 e. The molecule has 0 fully saturated rings. The molecule has 5 heteroatoms. The molecule has 0 radical (unpaired) electrons. The molecule has 0 bridgehead atoms. The van der Waals surface area contributed by atoms with E-state index in [1.54, 1.807) is 0 Å². The van der Waals surface area contributed by atoms with E-state index in [1.807, 2.05) is 26.8 Å². The molecular weight excluding hydrogens is 334 g/mol.